The van der Waals surface area contributed by atoms with Gasteiger partial charge in [0.15, 0.2) is 0 Å². The molecular formula is C17H14N2O2. The Bertz CT molecular complexity index is 921. The van der Waals surface area contributed by atoms with Gasteiger partial charge in [0.05, 0.1) is 0 Å². The molecule has 21 heavy (non-hydrogen) atoms. The van der Waals surface area contributed by atoms with Crippen LogP contribution in [0.4, 0.5) is 0 Å². The van der Waals surface area contributed by atoms with Crippen molar-refractivity contribution in [1.82, 2.24) is 9.38 Å². The summed E-state index contributed by atoms with van der Waals surface area (Å²) >= 11 is 0. The van der Waals surface area contributed by atoms with E-state index in [9.17, 15) is 0 Å². The lowest BCUT2D eigenvalue weighted by Gasteiger charge is -2.06. The Morgan fingerprint density at radius 3 is 3.10 bits per heavy atom. The Morgan fingerprint density at radius 1 is 1.19 bits per heavy atom. The summed E-state index contributed by atoms with van der Waals surface area (Å²) in [4.78, 5) is 4.23. The van der Waals surface area contributed by atoms with Crippen LogP contribution in [0, 0.1) is 6.92 Å². The monoisotopic (exact) mass is 278 g/mol. The molecule has 3 heterocycles. The third-order valence-corrected chi connectivity index (χ3v) is 3.47. The molecule has 0 N–H and O–H groups in total. The molecule has 0 amide bonds. The van der Waals surface area contributed by atoms with Gasteiger partial charge in [-0.2, -0.15) is 0 Å². The highest BCUT2D eigenvalue weighted by atomic mass is 16.5. The summed E-state index contributed by atoms with van der Waals surface area (Å²) in [6.07, 6.45) is 5.75. The Balaban J connectivity index is 1.56. The SMILES string of the molecule is Cc1cc2cc(OCc3ccc4nccn4c3)ccc2o1. The van der Waals surface area contributed by atoms with Gasteiger partial charge in [-0.05, 0) is 37.3 Å². The van der Waals surface area contributed by atoms with Gasteiger partial charge in [-0.25, -0.2) is 4.98 Å². The zero-order chi connectivity index (χ0) is 14.2. The molecule has 4 nitrogen and oxygen atoms in total. The van der Waals surface area contributed by atoms with Crippen LogP contribution in [0.2, 0.25) is 0 Å². The van der Waals surface area contributed by atoms with Crippen LogP contribution in [-0.2, 0) is 6.61 Å². The molecule has 0 aliphatic heterocycles. The summed E-state index contributed by atoms with van der Waals surface area (Å²) in [6, 6.07) is 11.9. The molecule has 0 unspecified atom stereocenters. The van der Waals surface area contributed by atoms with E-state index in [0.29, 0.717) is 6.61 Å². The number of imidazole rings is 1. The zero-order valence-corrected chi connectivity index (χ0v) is 11.6. The molecule has 4 heteroatoms. The topological polar surface area (TPSA) is 39.7 Å². The molecule has 1 aromatic carbocycles. The van der Waals surface area contributed by atoms with Gasteiger partial charge in [0.1, 0.15) is 29.3 Å². The maximum Gasteiger partial charge on any atom is 0.136 e. The molecule has 4 rings (SSSR count). The van der Waals surface area contributed by atoms with Gasteiger partial charge < -0.3 is 13.6 Å². The minimum Gasteiger partial charge on any atom is -0.489 e. The summed E-state index contributed by atoms with van der Waals surface area (Å²) in [5.41, 5.74) is 2.93. The number of furan rings is 1. The van der Waals surface area contributed by atoms with Gasteiger partial charge in [0, 0.05) is 29.5 Å². The van der Waals surface area contributed by atoms with E-state index in [0.717, 1.165) is 33.7 Å². The predicted octanol–water partition coefficient (Wildman–Crippen LogP) is 3.97. The molecule has 0 spiro atoms. The van der Waals surface area contributed by atoms with Gasteiger partial charge in [-0.15, -0.1) is 0 Å². The van der Waals surface area contributed by atoms with E-state index in [4.69, 9.17) is 9.15 Å². The lowest BCUT2D eigenvalue weighted by atomic mass is 10.2. The van der Waals surface area contributed by atoms with Crippen LogP contribution in [-0.4, -0.2) is 9.38 Å². The van der Waals surface area contributed by atoms with Gasteiger partial charge in [-0.3, -0.25) is 0 Å². The fourth-order valence-corrected chi connectivity index (χ4v) is 2.46. The number of pyridine rings is 1. The highest BCUT2D eigenvalue weighted by molar-refractivity contribution is 5.79. The molecule has 0 bridgehead atoms. The first-order chi connectivity index (χ1) is 10.3. The highest BCUT2D eigenvalue weighted by Gasteiger charge is 2.03. The van der Waals surface area contributed by atoms with Crippen molar-refractivity contribution in [3.8, 4) is 5.75 Å². The van der Waals surface area contributed by atoms with Crippen molar-refractivity contribution >= 4 is 16.6 Å². The van der Waals surface area contributed by atoms with Crippen LogP contribution in [0.1, 0.15) is 11.3 Å². The first kappa shape index (κ1) is 12.0. The molecular weight excluding hydrogens is 264 g/mol. The normalized spacial score (nSPS) is 11.3. The van der Waals surface area contributed by atoms with E-state index in [1.54, 1.807) is 6.20 Å². The van der Waals surface area contributed by atoms with E-state index in [-0.39, 0.29) is 0 Å². The quantitative estimate of drug-likeness (QED) is 0.569. The van der Waals surface area contributed by atoms with Crippen molar-refractivity contribution < 1.29 is 9.15 Å². The molecule has 3 aromatic heterocycles. The molecule has 0 fully saturated rings. The lowest BCUT2D eigenvalue weighted by molar-refractivity contribution is 0.306. The summed E-state index contributed by atoms with van der Waals surface area (Å²) in [5.74, 6) is 1.75. The Morgan fingerprint density at radius 2 is 2.14 bits per heavy atom. The number of aryl methyl sites for hydroxylation is 1. The van der Waals surface area contributed by atoms with Gasteiger partial charge >= 0.3 is 0 Å². The van der Waals surface area contributed by atoms with Crippen LogP contribution in [0.25, 0.3) is 16.6 Å². The standard InChI is InChI=1S/C17H14N2O2/c1-12-8-14-9-15(3-4-16(14)21-12)20-11-13-2-5-17-18-6-7-19(17)10-13/h2-10H,11H2,1H3. The van der Waals surface area contributed by atoms with Crippen molar-refractivity contribution in [3.05, 3.63) is 66.3 Å². The lowest BCUT2D eigenvalue weighted by Crippen LogP contribution is -1.97. The van der Waals surface area contributed by atoms with Crippen molar-refractivity contribution in [1.29, 1.82) is 0 Å². The average Bonchev–Trinajstić information content (AvgIpc) is 3.08. The summed E-state index contributed by atoms with van der Waals surface area (Å²) < 4.78 is 13.4. The van der Waals surface area contributed by atoms with Crippen LogP contribution in [0.3, 0.4) is 0 Å². The fourth-order valence-electron chi connectivity index (χ4n) is 2.46. The average molecular weight is 278 g/mol. The number of fused-ring (bicyclic) bond motifs is 2. The number of hydrogen-bond acceptors (Lipinski definition) is 3. The Hall–Kier alpha value is -2.75. The molecule has 0 aliphatic rings. The minimum absolute atomic E-state index is 0.524. The van der Waals surface area contributed by atoms with E-state index in [1.165, 1.54) is 0 Å². The third-order valence-electron chi connectivity index (χ3n) is 3.47. The minimum atomic E-state index is 0.524. The number of benzene rings is 1. The maximum atomic E-state index is 5.86. The first-order valence-electron chi connectivity index (χ1n) is 6.82. The Labute approximate surface area is 121 Å². The second-order valence-corrected chi connectivity index (χ2v) is 5.08. The van der Waals surface area contributed by atoms with Gasteiger partial charge in [-0.1, -0.05) is 6.07 Å². The molecule has 0 saturated heterocycles. The van der Waals surface area contributed by atoms with E-state index in [1.807, 2.05) is 60.1 Å². The highest BCUT2D eigenvalue weighted by Crippen LogP contribution is 2.24. The molecule has 0 aliphatic carbocycles. The number of nitrogens with zero attached hydrogens (tertiary/aromatic N) is 2. The molecule has 0 saturated carbocycles. The van der Waals surface area contributed by atoms with Crippen molar-refractivity contribution in [2.75, 3.05) is 0 Å². The van der Waals surface area contributed by atoms with Crippen LogP contribution < -0.4 is 4.74 Å². The first-order valence-corrected chi connectivity index (χ1v) is 6.82. The number of rotatable bonds is 3. The largest absolute Gasteiger partial charge is 0.489 e. The number of hydrogen-bond donors (Lipinski definition) is 0. The summed E-state index contributed by atoms with van der Waals surface area (Å²) in [6.45, 7) is 2.47. The van der Waals surface area contributed by atoms with Crippen molar-refractivity contribution in [3.63, 3.8) is 0 Å². The predicted molar refractivity (Wildman–Crippen MR) is 80.5 cm³/mol. The van der Waals surface area contributed by atoms with E-state index in [2.05, 4.69) is 4.98 Å². The van der Waals surface area contributed by atoms with Crippen molar-refractivity contribution in [2.24, 2.45) is 0 Å². The van der Waals surface area contributed by atoms with Gasteiger partial charge in [0.2, 0.25) is 0 Å². The van der Waals surface area contributed by atoms with Crippen LogP contribution in [0.15, 0.2) is 59.4 Å². The van der Waals surface area contributed by atoms with Crippen LogP contribution >= 0.6 is 0 Å². The molecule has 4 aromatic rings. The second kappa shape index (κ2) is 4.66. The Kier molecular flexibility index (Phi) is 2.67. The summed E-state index contributed by atoms with van der Waals surface area (Å²) in [5, 5.41) is 1.06. The van der Waals surface area contributed by atoms with Crippen molar-refractivity contribution in [2.45, 2.75) is 13.5 Å². The molecule has 104 valence electrons. The number of aromatic nitrogens is 2. The molecule has 0 atom stereocenters. The van der Waals surface area contributed by atoms with Gasteiger partial charge in [0.25, 0.3) is 0 Å². The zero-order valence-electron chi connectivity index (χ0n) is 11.6. The van der Waals surface area contributed by atoms with Crippen LogP contribution in [0.5, 0.6) is 5.75 Å². The smallest absolute Gasteiger partial charge is 0.136 e. The van der Waals surface area contributed by atoms with E-state index < -0.39 is 0 Å². The molecule has 0 radical (unpaired) electrons. The summed E-state index contributed by atoms with van der Waals surface area (Å²) in [7, 11) is 0. The second-order valence-electron chi connectivity index (χ2n) is 5.08. The third kappa shape index (κ3) is 2.25. The fraction of sp³-hybridized carbons (Fsp3) is 0.118. The maximum absolute atomic E-state index is 5.86. The van der Waals surface area contributed by atoms with E-state index >= 15 is 0 Å². The number of ether oxygens (including phenoxy) is 1.